The maximum absolute atomic E-state index is 12.2. The van der Waals surface area contributed by atoms with Gasteiger partial charge in [-0.1, -0.05) is 0 Å². The first kappa shape index (κ1) is 13.8. The number of hydrogen-bond donors (Lipinski definition) is 2. The lowest BCUT2D eigenvalue weighted by Gasteiger charge is -2.34. The third kappa shape index (κ3) is 3.69. The van der Waals surface area contributed by atoms with Crippen molar-refractivity contribution in [3.8, 4) is 0 Å². The second-order valence-corrected chi connectivity index (χ2v) is 5.86. The molecule has 0 aromatic rings. The van der Waals surface area contributed by atoms with E-state index in [0.29, 0.717) is 17.7 Å². The molecule has 0 aromatic carbocycles. The zero-order valence-electron chi connectivity index (χ0n) is 11.4. The van der Waals surface area contributed by atoms with E-state index in [4.69, 9.17) is 0 Å². The normalized spacial score (nSPS) is 25.1. The molecule has 2 aliphatic rings. The van der Waals surface area contributed by atoms with E-state index in [1.54, 1.807) is 0 Å². The summed E-state index contributed by atoms with van der Waals surface area (Å²) in [6, 6.07) is 0. The van der Waals surface area contributed by atoms with Gasteiger partial charge in [0.15, 0.2) is 0 Å². The standard InChI is InChI=1S/C14H26N2O2/c1-11(17)13-4-8-16(9-5-13)14(18)10-12-2-6-15-7-3-12/h11-13,15,17H,2-10H2,1H3. The van der Waals surface area contributed by atoms with Crippen molar-refractivity contribution >= 4 is 5.91 Å². The van der Waals surface area contributed by atoms with Crippen LogP contribution in [0.5, 0.6) is 0 Å². The third-order valence-electron chi connectivity index (χ3n) is 4.50. The number of amides is 1. The average Bonchev–Trinajstić information content (AvgIpc) is 2.40. The molecule has 0 aliphatic carbocycles. The van der Waals surface area contributed by atoms with Crippen molar-refractivity contribution in [1.82, 2.24) is 10.2 Å². The minimum atomic E-state index is -0.230. The number of piperidine rings is 2. The van der Waals surface area contributed by atoms with Gasteiger partial charge in [0.25, 0.3) is 0 Å². The number of nitrogens with zero attached hydrogens (tertiary/aromatic N) is 1. The lowest BCUT2D eigenvalue weighted by Crippen LogP contribution is -2.42. The largest absolute Gasteiger partial charge is 0.393 e. The first-order chi connectivity index (χ1) is 8.66. The topological polar surface area (TPSA) is 52.6 Å². The van der Waals surface area contributed by atoms with E-state index in [2.05, 4.69) is 5.32 Å². The summed E-state index contributed by atoms with van der Waals surface area (Å²) in [5.41, 5.74) is 0. The molecule has 2 fully saturated rings. The molecule has 2 heterocycles. The van der Waals surface area contributed by atoms with Gasteiger partial charge in [-0.2, -0.15) is 0 Å². The maximum atomic E-state index is 12.2. The summed E-state index contributed by atoms with van der Waals surface area (Å²) >= 11 is 0. The van der Waals surface area contributed by atoms with E-state index in [0.717, 1.165) is 58.3 Å². The summed E-state index contributed by atoms with van der Waals surface area (Å²) < 4.78 is 0. The van der Waals surface area contributed by atoms with Crippen LogP contribution in [0.3, 0.4) is 0 Å². The van der Waals surface area contributed by atoms with Crippen molar-refractivity contribution in [1.29, 1.82) is 0 Å². The van der Waals surface area contributed by atoms with E-state index in [1.165, 1.54) is 0 Å². The van der Waals surface area contributed by atoms with E-state index in [1.807, 2.05) is 11.8 Å². The summed E-state index contributed by atoms with van der Waals surface area (Å²) in [5.74, 6) is 1.28. The smallest absolute Gasteiger partial charge is 0.222 e. The Morgan fingerprint density at radius 1 is 1.28 bits per heavy atom. The van der Waals surface area contributed by atoms with Crippen molar-refractivity contribution < 1.29 is 9.90 Å². The lowest BCUT2D eigenvalue weighted by molar-refractivity contribution is -0.134. The Bertz CT molecular complexity index is 267. The van der Waals surface area contributed by atoms with Gasteiger partial charge in [0.05, 0.1) is 6.10 Å². The Morgan fingerprint density at radius 2 is 1.89 bits per heavy atom. The number of carbonyl (C=O) groups excluding carboxylic acids is 1. The molecule has 0 spiro atoms. The van der Waals surface area contributed by atoms with Gasteiger partial charge < -0.3 is 15.3 Å². The third-order valence-corrected chi connectivity index (χ3v) is 4.50. The van der Waals surface area contributed by atoms with Gasteiger partial charge in [-0.3, -0.25) is 4.79 Å². The molecule has 4 nitrogen and oxygen atoms in total. The predicted molar refractivity (Wildman–Crippen MR) is 71.2 cm³/mol. The lowest BCUT2D eigenvalue weighted by atomic mass is 9.90. The highest BCUT2D eigenvalue weighted by Gasteiger charge is 2.27. The Labute approximate surface area is 110 Å². The van der Waals surface area contributed by atoms with E-state index >= 15 is 0 Å². The van der Waals surface area contributed by atoms with Crippen LogP contribution in [0.1, 0.15) is 39.0 Å². The monoisotopic (exact) mass is 254 g/mol. The molecule has 1 unspecified atom stereocenters. The Hall–Kier alpha value is -0.610. The molecule has 2 aliphatic heterocycles. The molecular formula is C14H26N2O2. The van der Waals surface area contributed by atoms with Crippen LogP contribution in [0.4, 0.5) is 0 Å². The molecule has 1 atom stereocenters. The molecular weight excluding hydrogens is 228 g/mol. The number of likely N-dealkylation sites (tertiary alicyclic amines) is 1. The Morgan fingerprint density at radius 3 is 2.44 bits per heavy atom. The summed E-state index contributed by atoms with van der Waals surface area (Å²) in [6.07, 6.45) is 4.67. The van der Waals surface area contributed by atoms with E-state index in [9.17, 15) is 9.90 Å². The number of aliphatic hydroxyl groups excluding tert-OH is 1. The summed E-state index contributed by atoms with van der Waals surface area (Å²) in [5, 5.41) is 12.9. The fraction of sp³-hybridized carbons (Fsp3) is 0.929. The summed E-state index contributed by atoms with van der Waals surface area (Å²) in [7, 11) is 0. The SMILES string of the molecule is CC(O)C1CCN(C(=O)CC2CCNCC2)CC1. The van der Waals surface area contributed by atoms with Crippen LogP contribution < -0.4 is 5.32 Å². The highest BCUT2D eigenvalue weighted by Crippen LogP contribution is 2.23. The van der Waals surface area contributed by atoms with Gasteiger partial charge in [0, 0.05) is 19.5 Å². The number of carbonyl (C=O) groups is 1. The first-order valence-corrected chi connectivity index (χ1v) is 7.33. The quantitative estimate of drug-likeness (QED) is 0.790. The van der Waals surface area contributed by atoms with Crippen LogP contribution in [-0.2, 0) is 4.79 Å². The van der Waals surface area contributed by atoms with Gasteiger partial charge in [0.2, 0.25) is 5.91 Å². The van der Waals surface area contributed by atoms with Crippen LogP contribution >= 0.6 is 0 Å². The van der Waals surface area contributed by atoms with Crippen molar-refractivity contribution in [2.24, 2.45) is 11.8 Å². The van der Waals surface area contributed by atoms with Crippen molar-refractivity contribution in [2.75, 3.05) is 26.2 Å². The first-order valence-electron chi connectivity index (χ1n) is 7.33. The van der Waals surface area contributed by atoms with Gasteiger partial charge in [-0.15, -0.1) is 0 Å². The number of nitrogens with one attached hydrogen (secondary N) is 1. The molecule has 2 saturated heterocycles. The molecule has 0 saturated carbocycles. The molecule has 2 N–H and O–H groups in total. The fourth-order valence-corrected chi connectivity index (χ4v) is 3.09. The highest BCUT2D eigenvalue weighted by molar-refractivity contribution is 5.76. The zero-order chi connectivity index (χ0) is 13.0. The number of hydrogen-bond acceptors (Lipinski definition) is 3. The second-order valence-electron chi connectivity index (χ2n) is 5.86. The predicted octanol–water partition coefficient (Wildman–Crippen LogP) is 0.995. The van der Waals surface area contributed by atoms with Crippen molar-refractivity contribution in [3.05, 3.63) is 0 Å². The van der Waals surface area contributed by atoms with Crippen molar-refractivity contribution in [3.63, 3.8) is 0 Å². The van der Waals surface area contributed by atoms with Gasteiger partial charge in [-0.25, -0.2) is 0 Å². The van der Waals surface area contributed by atoms with Crippen molar-refractivity contribution in [2.45, 2.75) is 45.1 Å². The van der Waals surface area contributed by atoms with Crippen LogP contribution in [0.15, 0.2) is 0 Å². The molecule has 0 aromatic heterocycles. The minimum absolute atomic E-state index is 0.230. The van der Waals surface area contributed by atoms with E-state index < -0.39 is 0 Å². The number of aliphatic hydroxyl groups is 1. The molecule has 0 radical (unpaired) electrons. The van der Waals surface area contributed by atoms with Gasteiger partial charge in [-0.05, 0) is 57.5 Å². The molecule has 2 rings (SSSR count). The van der Waals surface area contributed by atoms with Crippen LogP contribution in [0, 0.1) is 11.8 Å². The van der Waals surface area contributed by atoms with Gasteiger partial charge in [0.1, 0.15) is 0 Å². The Kier molecular flexibility index (Phi) is 5.01. The molecule has 18 heavy (non-hydrogen) atoms. The number of rotatable bonds is 3. The summed E-state index contributed by atoms with van der Waals surface area (Å²) in [6.45, 7) is 5.64. The van der Waals surface area contributed by atoms with E-state index in [-0.39, 0.29) is 6.10 Å². The highest BCUT2D eigenvalue weighted by atomic mass is 16.3. The zero-order valence-corrected chi connectivity index (χ0v) is 11.4. The maximum Gasteiger partial charge on any atom is 0.222 e. The average molecular weight is 254 g/mol. The van der Waals surface area contributed by atoms with Crippen LogP contribution in [0.25, 0.3) is 0 Å². The fourth-order valence-electron chi connectivity index (χ4n) is 3.09. The second kappa shape index (κ2) is 6.53. The molecule has 4 heteroatoms. The molecule has 0 bridgehead atoms. The molecule has 1 amide bonds. The summed E-state index contributed by atoms with van der Waals surface area (Å²) in [4.78, 5) is 14.2. The van der Waals surface area contributed by atoms with Crippen LogP contribution in [0.2, 0.25) is 0 Å². The molecule has 104 valence electrons. The Balaban J connectivity index is 1.73. The minimum Gasteiger partial charge on any atom is -0.393 e. The van der Waals surface area contributed by atoms with Gasteiger partial charge >= 0.3 is 0 Å². The van der Waals surface area contributed by atoms with Crippen LogP contribution in [-0.4, -0.2) is 48.2 Å².